The van der Waals surface area contributed by atoms with E-state index in [1.807, 2.05) is 11.6 Å². The summed E-state index contributed by atoms with van der Waals surface area (Å²) in [7, 11) is 0. The van der Waals surface area contributed by atoms with Crippen molar-refractivity contribution >= 4 is 22.1 Å². The first-order valence-corrected chi connectivity index (χ1v) is 6.71. The molecule has 1 atom stereocenters. The van der Waals surface area contributed by atoms with Gasteiger partial charge in [-0.2, -0.15) is 0 Å². The maximum atomic E-state index is 9.18. The third-order valence-corrected chi connectivity index (χ3v) is 4.13. The first-order valence-electron chi connectivity index (χ1n) is 5.83. The lowest BCUT2D eigenvalue weighted by atomic mass is 10.1. The van der Waals surface area contributed by atoms with Crippen LogP contribution < -0.4 is 10.6 Å². The number of imidazole rings is 1. The number of aliphatic hydroxyl groups excluding tert-OH is 1. The van der Waals surface area contributed by atoms with Gasteiger partial charge in [-0.3, -0.25) is 4.40 Å². The number of fused-ring (bicyclic) bond motifs is 1. The Morgan fingerprint density at radius 2 is 2.47 bits per heavy atom. The highest BCUT2D eigenvalue weighted by atomic mass is 32.1. The normalized spacial score (nSPS) is 20.6. The van der Waals surface area contributed by atoms with E-state index in [1.165, 1.54) is 0 Å². The molecule has 92 valence electrons. The summed E-state index contributed by atoms with van der Waals surface area (Å²) in [5.74, 6) is 1.37. The summed E-state index contributed by atoms with van der Waals surface area (Å²) in [6, 6.07) is 0. The Morgan fingerprint density at radius 3 is 3.18 bits per heavy atom. The molecule has 2 aromatic heterocycles. The number of aliphatic hydroxyl groups is 1. The summed E-state index contributed by atoms with van der Waals surface area (Å²) >= 11 is 1.62. The largest absolute Gasteiger partial charge is 0.396 e. The number of anilines is 1. The summed E-state index contributed by atoms with van der Waals surface area (Å²) in [4.78, 5) is 7.87. The van der Waals surface area contributed by atoms with E-state index in [9.17, 15) is 5.11 Å². The Hall–Kier alpha value is -1.11. The minimum Gasteiger partial charge on any atom is -0.396 e. The van der Waals surface area contributed by atoms with E-state index in [0.717, 1.165) is 36.0 Å². The van der Waals surface area contributed by atoms with Crippen molar-refractivity contribution in [3.05, 3.63) is 17.3 Å². The van der Waals surface area contributed by atoms with Gasteiger partial charge in [-0.05, 0) is 6.42 Å². The van der Waals surface area contributed by atoms with Crippen LogP contribution in [0.25, 0.3) is 4.96 Å². The van der Waals surface area contributed by atoms with Crippen LogP contribution in [-0.4, -0.2) is 34.2 Å². The van der Waals surface area contributed by atoms with E-state index in [0.29, 0.717) is 12.5 Å². The summed E-state index contributed by atoms with van der Waals surface area (Å²) < 4.78 is 2.06. The van der Waals surface area contributed by atoms with Gasteiger partial charge >= 0.3 is 0 Å². The molecule has 1 aliphatic heterocycles. The highest BCUT2D eigenvalue weighted by molar-refractivity contribution is 7.15. The van der Waals surface area contributed by atoms with Crippen LogP contribution in [0.3, 0.4) is 0 Å². The first kappa shape index (κ1) is 11.0. The van der Waals surface area contributed by atoms with Gasteiger partial charge in [0.15, 0.2) is 10.8 Å². The van der Waals surface area contributed by atoms with Crippen LogP contribution in [0.15, 0.2) is 11.6 Å². The fourth-order valence-electron chi connectivity index (χ4n) is 2.44. The Balaban J connectivity index is 1.97. The summed E-state index contributed by atoms with van der Waals surface area (Å²) in [6.45, 7) is 2.60. The van der Waals surface area contributed by atoms with Crippen LogP contribution in [0, 0.1) is 5.92 Å². The van der Waals surface area contributed by atoms with Crippen molar-refractivity contribution in [2.24, 2.45) is 11.7 Å². The van der Waals surface area contributed by atoms with Crippen LogP contribution in [0.5, 0.6) is 0 Å². The molecule has 0 aliphatic carbocycles. The zero-order valence-corrected chi connectivity index (χ0v) is 10.4. The summed E-state index contributed by atoms with van der Waals surface area (Å²) in [6.07, 6.45) is 3.05. The molecule has 17 heavy (non-hydrogen) atoms. The maximum Gasteiger partial charge on any atom is 0.195 e. The lowest BCUT2D eigenvalue weighted by molar-refractivity contribution is 0.238. The molecule has 3 heterocycles. The number of thiazole rings is 1. The second-order valence-electron chi connectivity index (χ2n) is 4.43. The van der Waals surface area contributed by atoms with Gasteiger partial charge in [0.05, 0.1) is 5.69 Å². The number of hydrogen-bond donors (Lipinski definition) is 2. The second-order valence-corrected chi connectivity index (χ2v) is 5.30. The number of hydrogen-bond acceptors (Lipinski definition) is 5. The minimum absolute atomic E-state index is 0.261. The zero-order chi connectivity index (χ0) is 11.8. The molecular formula is C11H16N4OS. The lowest BCUT2D eigenvalue weighted by Crippen LogP contribution is -2.23. The van der Waals surface area contributed by atoms with Gasteiger partial charge in [-0.25, -0.2) is 4.98 Å². The molecule has 1 aliphatic rings. The van der Waals surface area contributed by atoms with Crippen molar-refractivity contribution in [1.82, 2.24) is 9.38 Å². The monoisotopic (exact) mass is 252 g/mol. The van der Waals surface area contributed by atoms with E-state index in [-0.39, 0.29) is 6.61 Å². The molecule has 0 spiro atoms. The summed E-state index contributed by atoms with van der Waals surface area (Å²) in [5.41, 5.74) is 6.89. The average molecular weight is 252 g/mol. The average Bonchev–Trinajstić information content (AvgIpc) is 3.02. The number of nitrogens with two attached hydrogens (primary N) is 1. The van der Waals surface area contributed by atoms with E-state index >= 15 is 0 Å². The van der Waals surface area contributed by atoms with Crippen molar-refractivity contribution in [1.29, 1.82) is 0 Å². The molecular weight excluding hydrogens is 236 g/mol. The standard InChI is InChI=1S/C11H16N4OS/c12-5-9-10(13-11-15(9)3-4-17-11)14-2-1-8(6-14)7-16/h3-4,8,16H,1-2,5-7,12H2. The van der Waals surface area contributed by atoms with Gasteiger partial charge in [-0.1, -0.05) is 0 Å². The predicted molar refractivity (Wildman–Crippen MR) is 68.4 cm³/mol. The Labute approximate surface area is 103 Å². The Morgan fingerprint density at radius 1 is 1.59 bits per heavy atom. The van der Waals surface area contributed by atoms with Crippen molar-refractivity contribution in [2.45, 2.75) is 13.0 Å². The fourth-order valence-corrected chi connectivity index (χ4v) is 3.17. The van der Waals surface area contributed by atoms with Crippen LogP contribution >= 0.6 is 11.3 Å². The molecule has 5 nitrogen and oxygen atoms in total. The fraction of sp³-hybridized carbons (Fsp3) is 0.545. The van der Waals surface area contributed by atoms with Crippen LogP contribution in [0.2, 0.25) is 0 Å². The molecule has 1 unspecified atom stereocenters. The quantitative estimate of drug-likeness (QED) is 0.842. The Bertz CT molecular complexity index is 520. The van der Waals surface area contributed by atoms with Crippen LogP contribution in [0.1, 0.15) is 12.1 Å². The maximum absolute atomic E-state index is 9.18. The highest BCUT2D eigenvalue weighted by Gasteiger charge is 2.26. The van der Waals surface area contributed by atoms with Gasteiger partial charge in [0.1, 0.15) is 0 Å². The van der Waals surface area contributed by atoms with E-state index < -0.39 is 0 Å². The predicted octanol–water partition coefficient (Wildman–Crippen LogP) is 0.673. The number of aromatic nitrogens is 2. The van der Waals surface area contributed by atoms with Gasteiger partial charge in [-0.15, -0.1) is 11.3 Å². The molecule has 0 amide bonds. The molecule has 1 fully saturated rings. The molecule has 1 saturated heterocycles. The van der Waals surface area contributed by atoms with Gasteiger partial charge < -0.3 is 15.7 Å². The van der Waals surface area contributed by atoms with E-state index in [2.05, 4.69) is 14.3 Å². The molecule has 3 rings (SSSR count). The third-order valence-electron chi connectivity index (χ3n) is 3.38. The van der Waals surface area contributed by atoms with Crippen molar-refractivity contribution in [3.63, 3.8) is 0 Å². The highest BCUT2D eigenvalue weighted by Crippen LogP contribution is 2.28. The molecule has 3 N–H and O–H groups in total. The van der Waals surface area contributed by atoms with Crippen molar-refractivity contribution in [3.8, 4) is 0 Å². The van der Waals surface area contributed by atoms with E-state index in [1.54, 1.807) is 11.3 Å². The second kappa shape index (κ2) is 4.29. The molecule has 0 saturated carbocycles. The zero-order valence-electron chi connectivity index (χ0n) is 9.54. The molecule has 0 aromatic carbocycles. The van der Waals surface area contributed by atoms with Crippen molar-refractivity contribution < 1.29 is 5.11 Å². The minimum atomic E-state index is 0.261. The summed E-state index contributed by atoms with van der Waals surface area (Å²) in [5, 5.41) is 11.2. The van der Waals surface area contributed by atoms with E-state index in [4.69, 9.17) is 5.73 Å². The SMILES string of the molecule is NCc1c(N2CCC(CO)C2)nc2sccn12. The molecule has 2 aromatic rings. The lowest BCUT2D eigenvalue weighted by Gasteiger charge is -2.16. The van der Waals surface area contributed by atoms with Gasteiger partial charge in [0, 0.05) is 43.7 Å². The number of nitrogens with zero attached hydrogens (tertiary/aromatic N) is 3. The topological polar surface area (TPSA) is 66.8 Å². The van der Waals surface area contributed by atoms with Crippen LogP contribution in [0.4, 0.5) is 5.82 Å². The van der Waals surface area contributed by atoms with Gasteiger partial charge in [0.2, 0.25) is 0 Å². The van der Waals surface area contributed by atoms with Crippen LogP contribution in [-0.2, 0) is 6.54 Å². The van der Waals surface area contributed by atoms with Gasteiger partial charge in [0.25, 0.3) is 0 Å². The third kappa shape index (κ3) is 1.72. The van der Waals surface area contributed by atoms with Crippen molar-refractivity contribution in [2.75, 3.05) is 24.6 Å². The molecule has 0 radical (unpaired) electrons. The molecule has 6 heteroatoms. The smallest absolute Gasteiger partial charge is 0.195 e. The Kier molecular flexibility index (Phi) is 2.78. The molecule has 0 bridgehead atoms. The number of rotatable bonds is 3. The first-order chi connectivity index (χ1) is 8.33.